The Balaban J connectivity index is 2.98. The molecule has 118 valence electrons. The van der Waals surface area contributed by atoms with Crippen LogP contribution < -0.4 is 11.1 Å². The summed E-state index contributed by atoms with van der Waals surface area (Å²) >= 11 is 4.70. The van der Waals surface area contributed by atoms with Crippen LogP contribution in [0, 0.1) is 17.6 Å². The van der Waals surface area contributed by atoms with E-state index < -0.39 is 11.6 Å². The van der Waals surface area contributed by atoms with Crippen molar-refractivity contribution in [1.82, 2.24) is 4.90 Å². The van der Waals surface area contributed by atoms with E-state index in [2.05, 4.69) is 19.2 Å². The second-order valence-electron chi connectivity index (χ2n) is 5.89. The standard InChI is InChI=1S/C15H23F2N3S/c1-9(2)7-10(8-20(3)4)19-12-6-5-11(15(18)21)13(16)14(12)17/h5-6,9-10,19H,7-8H2,1-4H3,(H2,18,21). The molecule has 3 nitrogen and oxygen atoms in total. The lowest BCUT2D eigenvalue weighted by Crippen LogP contribution is -2.34. The van der Waals surface area contributed by atoms with Gasteiger partial charge in [0.15, 0.2) is 11.6 Å². The van der Waals surface area contributed by atoms with E-state index in [1.165, 1.54) is 12.1 Å². The molecule has 21 heavy (non-hydrogen) atoms. The number of nitrogens with zero attached hydrogens (tertiary/aromatic N) is 1. The van der Waals surface area contributed by atoms with Gasteiger partial charge in [-0.15, -0.1) is 0 Å². The summed E-state index contributed by atoms with van der Waals surface area (Å²) in [5.74, 6) is -1.49. The number of thiocarbonyl (C=S) groups is 1. The molecule has 1 atom stereocenters. The van der Waals surface area contributed by atoms with E-state index >= 15 is 0 Å². The molecule has 0 aliphatic heterocycles. The SMILES string of the molecule is CC(C)CC(CN(C)C)Nc1ccc(C(N)=S)c(F)c1F. The van der Waals surface area contributed by atoms with Crippen LogP contribution in [0.25, 0.3) is 0 Å². The summed E-state index contributed by atoms with van der Waals surface area (Å²) in [4.78, 5) is 1.86. The number of hydrogen-bond donors (Lipinski definition) is 2. The van der Waals surface area contributed by atoms with Crippen molar-refractivity contribution in [3.63, 3.8) is 0 Å². The number of nitrogens with two attached hydrogens (primary N) is 1. The van der Waals surface area contributed by atoms with Gasteiger partial charge in [-0.1, -0.05) is 26.1 Å². The molecule has 0 saturated carbocycles. The Kier molecular flexibility index (Phi) is 6.48. The van der Waals surface area contributed by atoms with Crippen LogP contribution in [-0.2, 0) is 0 Å². The lowest BCUT2D eigenvalue weighted by atomic mass is 10.0. The number of benzene rings is 1. The molecule has 0 heterocycles. The van der Waals surface area contributed by atoms with Gasteiger partial charge < -0.3 is 16.0 Å². The largest absolute Gasteiger partial charge is 0.389 e. The number of rotatable bonds is 7. The van der Waals surface area contributed by atoms with E-state index in [1.807, 2.05) is 19.0 Å². The summed E-state index contributed by atoms with van der Waals surface area (Å²) in [6, 6.07) is 2.92. The monoisotopic (exact) mass is 315 g/mol. The summed E-state index contributed by atoms with van der Waals surface area (Å²) in [7, 11) is 3.89. The van der Waals surface area contributed by atoms with Crippen LogP contribution in [0.3, 0.4) is 0 Å². The maximum absolute atomic E-state index is 14.1. The first-order valence-corrected chi connectivity index (χ1v) is 7.32. The Morgan fingerprint density at radius 3 is 2.38 bits per heavy atom. The molecule has 0 fully saturated rings. The normalized spacial score (nSPS) is 12.8. The molecule has 0 amide bonds. The van der Waals surface area contributed by atoms with Crippen LogP contribution in [0.2, 0.25) is 0 Å². The van der Waals surface area contributed by atoms with Crippen molar-refractivity contribution in [3.05, 3.63) is 29.3 Å². The number of anilines is 1. The van der Waals surface area contributed by atoms with Crippen molar-refractivity contribution >= 4 is 22.9 Å². The molecule has 3 N–H and O–H groups in total. The summed E-state index contributed by atoms with van der Waals surface area (Å²) in [6.45, 7) is 4.92. The van der Waals surface area contributed by atoms with E-state index in [0.717, 1.165) is 13.0 Å². The van der Waals surface area contributed by atoms with E-state index in [4.69, 9.17) is 18.0 Å². The number of hydrogen-bond acceptors (Lipinski definition) is 3. The van der Waals surface area contributed by atoms with Gasteiger partial charge in [-0.2, -0.15) is 0 Å². The van der Waals surface area contributed by atoms with Gasteiger partial charge in [-0.25, -0.2) is 8.78 Å². The average molecular weight is 315 g/mol. The van der Waals surface area contributed by atoms with Crippen LogP contribution in [0.5, 0.6) is 0 Å². The van der Waals surface area contributed by atoms with Crippen LogP contribution in [-0.4, -0.2) is 36.6 Å². The van der Waals surface area contributed by atoms with Crippen molar-refractivity contribution in [2.45, 2.75) is 26.3 Å². The quantitative estimate of drug-likeness (QED) is 0.759. The highest BCUT2D eigenvalue weighted by Gasteiger charge is 2.18. The minimum atomic E-state index is -0.999. The molecular formula is C15H23F2N3S. The van der Waals surface area contributed by atoms with Crippen LogP contribution in [0.4, 0.5) is 14.5 Å². The maximum Gasteiger partial charge on any atom is 0.182 e. The fourth-order valence-electron chi connectivity index (χ4n) is 2.26. The number of halogens is 2. The Bertz CT molecular complexity index is 494. The number of likely N-dealkylation sites (N-methyl/N-ethyl adjacent to an activating group) is 1. The molecule has 0 spiro atoms. The summed E-state index contributed by atoms with van der Waals surface area (Å²) in [5.41, 5.74) is 5.43. The van der Waals surface area contributed by atoms with Gasteiger partial charge in [0.25, 0.3) is 0 Å². The first kappa shape index (κ1) is 17.8. The minimum absolute atomic E-state index is 0.0320. The maximum atomic E-state index is 14.1. The fourth-order valence-corrected chi connectivity index (χ4v) is 2.42. The van der Waals surface area contributed by atoms with Crippen LogP contribution in [0.1, 0.15) is 25.8 Å². The topological polar surface area (TPSA) is 41.3 Å². The summed E-state index contributed by atoms with van der Waals surface area (Å²) in [5, 5.41) is 3.08. The molecule has 0 bridgehead atoms. The molecular weight excluding hydrogens is 292 g/mol. The molecule has 0 aromatic heterocycles. The van der Waals surface area contributed by atoms with Crippen LogP contribution >= 0.6 is 12.2 Å². The summed E-state index contributed by atoms with van der Waals surface area (Å²) < 4.78 is 28.0. The third-order valence-electron chi connectivity index (χ3n) is 3.05. The van der Waals surface area contributed by atoms with E-state index in [-0.39, 0.29) is 22.3 Å². The molecule has 0 aliphatic carbocycles. The second-order valence-corrected chi connectivity index (χ2v) is 6.33. The Morgan fingerprint density at radius 1 is 1.29 bits per heavy atom. The molecule has 6 heteroatoms. The van der Waals surface area contributed by atoms with E-state index in [9.17, 15) is 8.78 Å². The van der Waals surface area contributed by atoms with Crippen LogP contribution in [0.15, 0.2) is 12.1 Å². The van der Waals surface area contributed by atoms with Crippen molar-refractivity contribution < 1.29 is 8.78 Å². The Hall–Kier alpha value is -1.27. The minimum Gasteiger partial charge on any atom is -0.389 e. The summed E-state index contributed by atoms with van der Waals surface area (Å²) in [6.07, 6.45) is 0.857. The average Bonchev–Trinajstić information content (AvgIpc) is 2.33. The first-order valence-electron chi connectivity index (χ1n) is 6.91. The Labute approximate surface area is 130 Å². The predicted octanol–water partition coefficient (Wildman–Crippen LogP) is 2.99. The van der Waals surface area contributed by atoms with E-state index in [1.54, 1.807) is 0 Å². The highest BCUT2D eigenvalue weighted by atomic mass is 32.1. The molecule has 1 aromatic rings. The molecule has 0 saturated heterocycles. The third kappa shape index (κ3) is 5.21. The van der Waals surface area contributed by atoms with Gasteiger partial charge in [0.2, 0.25) is 0 Å². The van der Waals surface area contributed by atoms with Gasteiger partial charge in [-0.3, -0.25) is 0 Å². The molecule has 1 rings (SSSR count). The molecule has 1 unspecified atom stereocenters. The highest BCUT2D eigenvalue weighted by molar-refractivity contribution is 7.80. The zero-order valence-electron chi connectivity index (χ0n) is 12.9. The Morgan fingerprint density at radius 2 is 1.90 bits per heavy atom. The fraction of sp³-hybridized carbons (Fsp3) is 0.533. The molecule has 1 aromatic carbocycles. The van der Waals surface area contributed by atoms with Gasteiger partial charge in [0, 0.05) is 18.2 Å². The molecule has 0 aliphatic rings. The van der Waals surface area contributed by atoms with Gasteiger partial charge >= 0.3 is 0 Å². The van der Waals surface area contributed by atoms with Crippen molar-refractivity contribution in [3.8, 4) is 0 Å². The lowest BCUT2D eigenvalue weighted by Gasteiger charge is -2.25. The van der Waals surface area contributed by atoms with Gasteiger partial charge in [0.05, 0.1) is 5.69 Å². The first-order chi connectivity index (χ1) is 9.72. The number of nitrogens with one attached hydrogen (secondary N) is 1. The lowest BCUT2D eigenvalue weighted by molar-refractivity contribution is 0.355. The molecule has 0 radical (unpaired) electrons. The highest BCUT2D eigenvalue weighted by Crippen LogP contribution is 2.22. The van der Waals surface area contributed by atoms with Crippen molar-refractivity contribution in [1.29, 1.82) is 0 Å². The van der Waals surface area contributed by atoms with Gasteiger partial charge in [0.1, 0.15) is 4.99 Å². The second kappa shape index (κ2) is 7.66. The smallest absolute Gasteiger partial charge is 0.182 e. The van der Waals surface area contributed by atoms with Crippen molar-refractivity contribution in [2.24, 2.45) is 11.7 Å². The zero-order chi connectivity index (χ0) is 16.2. The zero-order valence-corrected chi connectivity index (χ0v) is 13.7. The van der Waals surface area contributed by atoms with Gasteiger partial charge in [-0.05, 0) is 38.6 Å². The van der Waals surface area contributed by atoms with E-state index in [0.29, 0.717) is 5.92 Å². The third-order valence-corrected chi connectivity index (χ3v) is 3.27. The van der Waals surface area contributed by atoms with Crippen molar-refractivity contribution in [2.75, 3.05) is 26.0 Å². The predicted molar refractivity (Wildman–Crippen MR) is 87.7 cm³/mol.